The van der Waals surface area contributed by atoms with Crippen LogP contribution in [0.4, 0.5) is 15.8 Å². The molecule has 8 heteroatoms. The molecule has 1 amide bonds. The average Bonchev–Trinajstić information content (AvgIpc) is 2.99. The fourth-order valence-corrected chi connectivity index (χ4v) is 4.16. The second kappa shape index (κ2) is 6.45. The molecule has 150 valence electrons. The van der Waals surface area contributed by atoms with Crippen molar-refractivity contribution >= 4 is 28.2 Å². The van der Waals surface area contributed by atoms with E-state index in [4.69, 9.17) is 4.74 Å². The number of hydrogen-bond acceptors (Lipinski definition) is 5. The number of fused-ring (bicyclic) bond motifs is 1. The number of halogens is 1. The Morgan fingerprint density at radius 2 is 2.07 bits per heavy atom. The average molecular weight is 395 g/mol. The molecule has 0 unspecified atom stereocenters. The molecule has 0 bridgehead atoms. The van der Waals surface area contributed by atoms with Crippen molar-refractivity contribution in [1.82, 2.24) is 15.1 Å². The lowest BCUT2D eigenvalue weighted by Crippen LogP contribution is -2.71. The molecule has 7 nitrogen and oxygen atoms in total. The van der Waals surface area contributed by atoms with Gasteiger partial charge in [0.1, 0.15) is 11.6 Å². The van der Waals surface area contributed by atoms with E-state index in [1.165, 1.54) is 13.2 Å². The predicted molar refractivity (Wildman–Crippen MR) is 109 cm³/mol. The van der Waals surface area contributed by atoms with Crippen molar-refractivity contribution in [3.63, 3.8) is 0 Å². The number of nitrogens with zero attached hydrogens (tertiary/aromatic N) is 3. The van der Waals surface area contributed by atoms with Crippen LogP contribution >= 0.6 is 0 Å². The third-order valence-corrected chi connectivity index (χ3v) is 5.80. The number of aryl methyl sites for hydroxylation is 1. The van der Waals surface area contributed by atoms with Crippen LogP contribution in [0, 0.1) is 11.2 Å². The van der Waals surface area contributed by atoms with Gasteiger partial charge in [0.05, 0.1) is 23.9 Å². The van der Waals surface area contributed by atoms with E-state index in [0.717, 1.165) is 42.8 Å². The smallest absolute Gasteiger partial charge is 0.259 e. The summed E-state index contributed by atoms with van der Waals surface area (Å²) in [4.78, 5) is 15.0. The molecule has 0 aliphatic carbocycles. The Bertz CT molecular complexity index is 1110. The molecular formula is C21H22FN5O2. The third-order valence-electron chi connectivity index (χ3n) is 5.80. The molecule has 2 aromatic carbocycles. The van der Waals surface area contributed by atoms with Gasteiger partial charge >= 0.3 is 0 Å². The highest BCUT2D eigenvalue weighted by molar-refractivity contribution is 6.08. The van der Waals surface area contributed by atoms with E-state index >= 15 is 0 Å². The summed E-state index contributed by atoms with van der Waals surface area (Å²) in [7, 11) is 3.30. The fraction of sp³-hybridized carbons (Fsp3) is 0.333. The Morgan fingerprint density at radius 3 is 2.72 bits per heavy atom. The van der Waals surface area contributed by atoms with Crippen LogP contribution in [0.15, 0.2) is 36.5 Å². The second-order valence-corrected chi connectivity index (χ2v) is 7.99. The van der Waals surface area contributed by atoms with Gasteiger partial charge < -0.3 is 20.3 Å². The molecule has 5 rings (SSSR count). The topological polar surface area (TPSA) is 71.4 Å². The van der Waals surface area contributed by atoms with Crippen LogP contribution in [0.1, 0.15) is 10.4 Å². The highest BCUT2D eigenvalue weighted by Crippen LogP contribution is 2.38. The van der Waals surface area contributed by atoms with Crippen LogP contribution in [-0.2, 0) is 7.05 Å². The first kappa shape index (κ1) is 17.9. The maximum Gasteiger partial charge on any atom is 0.259 e. The van der Waals surface area contributed by atoms with Gasteiger partial charge in [-0.15, -0.1) is 0 Å². The summed E-state index contributed by atoms with van der Waals surface area (Å²) in [5.74, 6) is -0.488. The lowest BCUT2D eigenvalue weighted by molar-refractivity contribution is 0.102. The molecule has 1 spiro atoms. The number of hydrogen-bond donors (Lipinski definition) is 2. The Hall–Kier alpha value is -3.13. The Morgan fingerprint density at radius 1 is 1.28 bits per heavy atom. The van der Waals surface area contributed by atoms with Gasteiger partial charge in [-0.1, -0.05) is 0 Å². The summed E-state index contributed by atoms with van der Waals surface area (Å²) in [6.45, 7) is 3.94. The lowest BCUT2D eigenvalue weighted by atomic mass is 9.74. The van der Waals surface area contributed by atoms with Gasteiger partial charge in [0.25, 0.3) is 5.91 Å². The molecule has 2 aliphatic heterocycles. The molecule has 0 saturated carbocycles. The summed E-state index contributed by atoms with van der Waals surface area (Å²) < 4.78 is 21.7. The largest absolute Gasteiger partial charge is 0.496 e. The van der Waals surface area contributed by atoms with Crippen molar-refractivity contribution in [1.29, 1.82) is 0 Å². The molecule has 2 saturated heterocycles. The zero-order chi connectivity index (χ0) is 20.2. The molecule has 2 fully saturated rings. The van der Waals surface area contributed by atoms with Gasteiger partial charge in [0.2, 0.25) is 0 Å². The van der Waals surface area contributed by atoms with E-state index in [2.05, 4.69) is 20.6 Å². The zero-order valence-corrected chi connectivity index (χ0v) is 16.3. The van der Waals surface area contributed by atoms with E-state index in [1.807, 2.05) is 19.3 Å². The van der Waals surface area contributed by atoms with E-state index in [-0.39, 0.29) is 5.69 Å². The van der Waals surface area contributed by atoms with E-state index in [1.54, 1.807) is 22.9 Å². The van der Waals surface area contributed by atoms with Gasteiger partial charge in [-0.3, -0.25) is 9.48 Å². The molecule has 3 heterocycles. The minimum atomic E-state index is -0.454. The van der Waals surface area contributed by atoms with Gasteiger partial charge in [0, 0.05) is 62.0 Å². The number of carbonyl (C=O) groups is 1. The summed E-state index contributed by atoms with van der Waals surface area (Å²) in [6, 6.07) is 8.35. The van der Waals surface area contributed by atoms with Gasteiger partial charge in [-0.25, -0.2) is 4.39 Å². The number of ether oxygens (including phenoxy) is 1. The van der Waals surface area contributed by atoms with Crippen molar-refractivity contribution in [3.8, 4) is 5.75 Å². The van der Waals surface area contributed by atoms with Crippen molar-refractivity contribution in [2.75, 3.05) is 43.5 Å². The fourth-order valence-electron chi connectivity index (χ4n) is 4.16. The summed E-state index contributed by atoms with van der Waals surface area (Å²) in [5, 5.41) is 11.1. The molecule has 29 heavy (non-hydrogen) atoms. The third kappa shape index (κ3) is 3.00. The first-order valence-electron chi connectivity index (χ1n) is 9.54. The number of anilines is 2. The molecule has 2 aliphatic rings. The Balaban J connectivity index is 1.36. The van der Waals surface area contributed by atoms with Crippen molar-refractivity contribution in [2.24, 2.45) is 12.5 Å². The lowest BCUT2D eigenvalue weighted by Gasteiger charge is -2.57. The van der Waals surface area contributed by atoms with Crippen LogP contribution in [0.3, 0.4) is 0 Å². The predicted octanol–water partition coefficient (Wildman–Crippen LogP) is 2.38. The number of nitrogens with one attached hydrogen (secondary N) is 2. The van der Waals surface area contributed by atoms with E-state index in [9.17, 15) is 9.18 Å². The number of amides is 1. The van der Waals surface area contributed by atoms with Crippen LogP contribution < -0.4 is 20.3 Å². The summed E-state index contributed by atoms with van der Waals surface area (Å²) >= 11 is 0. The minimum Gasteiger partial charge on any atom is -0.496 e. The second-order valence-electron chi connectivity index (χ2n) is 7.99. The van der Waals surface area contributed by atoms with Crippen molar-refractivity contribution in [3.05, 3.63) is 47.9 Å². The standard InChI is InChI=1S/C21H22FN5O2/c1-26-8-13-5-15(19(29-2)7-18(13)25-26)20(28)24-17-4-3-14(6-16(17)22)27-11-21(12-27)9-23-10-21/h3-8,23H,9-12H2,1-2H3,(H,24,28). The molecule has 0 radical (unpaired) electrons. The van der Waals surface area contributed by atoms with Crippen LogP contribution in [0.25, 0.3) is 10.9 Å². The first-order chi connectivity index (χ1) is 14.0. The van der Waals surface area contributed by atoms with E-state index < -0.39 is 11.7 Å². The number of benzene rings is 2. The quantitative estimate of drug-likeness (QED) is 0.710. The summed E-state index contributed by atoms with van der Waals surface area (Å²) in [5.41, 5.74) is 2.41. The normalized spacial score (nSPS) is 17.1. The SMILES string of the molecule is COc1cc2nn(C)cc2cc1C(=O)Nc1ccc(N2CC3(CNC3)C2)cc1F. The highest BCUT2D eigenvalue weighted by atomic mass is 19.1. The monoisotopic (exact) mass is 395 g/mol. The van der Waals surface area contributed by atoms with Crippen LogP contribution in [0.2, 0.25) is 0 Å². The Labute approximate surface area is 167 Å². The van der Waals surface area contributed by atoms with Gasteiger partial charge in [0.15, 0.2) is 0 Å². The number of carbonyl (C=O) groups excluding carboxylic acids is 1. The van der Waals surface area contributed by atoms with Crippen molar-refractivity contribution < 1.29 is 13.9 Å². The van der Waals surface area contributed by atoms with Crippen LogP contribution in [0.5, 0.6) is 5.75 Å². The van der Waals surface area contributed by atoms with Gasteiger partial charge in [-0.2, -0.15) is 5.10 Å². The maximum absolute atomic E-state index is 14.7. The highest BCUT2D eigenvalue weighted by Gasteiger charge is 2.47. The first-order valence-corrected chi connectivity index (χ1v) is 9.54. The molecule has 2 N–H and O–H groups in total. The number of rotatable bonds is 4. The Kier molecular flexibility index (Phi) is 3.99. The summed E-state index contributed by atoms with van der Waals surface area (Å²) in [6.07, 6.45) is 1.82. The number of methoxy groups -OCH3 is 1. The number of aromatic nitrogens is 2. The minimum absolute atomic E-state index is 0.146. The van der Waals surface area contributed by atoms with E-state index in [0.29, 0.717) is 16.7 Å². The maximum atomic E-state index is 14.7. The molecule has 3 aromatic rings. The molecule has 0 atom stereocenters. The zero-order valence-electron chi connectivity index (χ0n) is 16.3. The molecule has 1 aromatic heterocycles. The molecular weight excluding hydrogens is 373 g/mol. The van der Waals surface area contributed by atoms with Crippen LogP contribution in [-0.4, -0.2) is 49.0 Å². The van der Waals surface area contributed by atoms with Crippen molar-refractivity contribution in [2.45, 2.75) is 0 Å². The van der Waals surface area contributed by atoms with Gasteiger partial charge in [-0.05, 0) is 24.3 Å².